The van der Waals surface area contributed by atoms with Crippen LogP contribution in [0.3, 0.4) is 0 Å². The number of likely N-dealkylation sites (tertiary alicyclic amines) is 1. The number of rotatable bonds is 2. The maximum Gasteiger partial charge on any atom is 0.122 e. The summed E-state index contributed by atoms with van der Waals surface area (Å²) in [6, 6.07) is 8.62. The third-order valence-corrected chi connectivity index (χ3v) is 4.18. The first-order chi connectivity index (χ1) is 7.66. The highest BCUT2D eigenvalue weighted by atomic mass is 35.5. The molecule has 88 valence electrons. The Morgan fingerprint density at radius 2 is 2.19 bits per heavy atom. The molecule has 1 heterocycles. The summed E-state index contributed by atoms with van der Waals surface area (Å²) in [6.45, 7) is 6.46. The molecule has 1 fully saturated rings. The first kappa shape index (κ1) is 11.9. The predicted octanol–water partition coefficient (Wildman–Crippen LogP) is 3.89. The van der Waals surface area contributed by atoms with Gasteiger partial charge in [-0.15, -0.1) is 0 Å². The predicted molar refractivity (Wildman–Crippen MR) is 69.8 cm³/mol. The van der Waals surface area contributed by atoms with Gasteiger partial charge in [0.1, 0.15) is 5.00 Å². The molecule has 1 nitrogen and oxygen atoms in total. The third-order valence-electron chi connectivity index (χ3n) is 3.53. The Morgan fingerprint density at radius 1 is 1.38 bits per heavy atom. The Hall–Kier alpha value is -0.530. The lowest BCUT2D eigenvalue weighted by atomic mass is 9.93. The SMILES string of the molecule is CCN1CCCCC1(Cl)c1cccc(C)c1. The molecule has 1 aromatic carbocycles. The third kappa shape index (κ3) is 2.11. The van der Waals surface area contributed by atoms with E-state index in [1.807, 2.05) is 0 Å². The van der Waals surface area contributed by atoms with Gasteiger partial charge in [-0.1, -0.05) is 48.4 Å². The smallest absolute Gasteiger partial charge is 0.122 e. The molecule has 1 aromatic rings. The Balaban J connectivity index is 2.34. The van der Waals surface area contributed by atoms with Crippen molar-refractivity contribution in [2.75, 3.05) is 13.1 Å². The van der Waals surface area contributed by atoms with Crippen LogP contribution in [0.2, 0.25) is 0 Å². The molecule has 2 heteroatoms. The van der Waals surface area contributed by atoms with Gasteiger partial charge in [-0.05, 0) is 38.3 Å². The second kappa shape index (κ2) is 4.77. The summed E-state index contributed by atoms with van der Waals surface area (Å²) in [4.78, 5) is 2.13. The van der Waals surface area contributed by atoms with Crippen LogP contribution in [0.5, 0.6) is 0 Å². The zero-order chi connectivity index (χ0) is 11.6. The molecular weight excluding hydrogens is 218 g/mol. The maximum absolute atomic E-state index is 6.86. The molecule has 1 aliphatic heterocycles. The number of aryl methyl sites for hydroxylation is 1. The van der Waals surface area contributed by atoms with Gasteiger partial charge in [0, 0.05) is 6.54 Å². The van der Waals surface area contributed by atoms with Gasteiger partial charge in [0.05, 0.1) is 0 Å². The van der Waals surface area contributed by atoms with E-state index in [0.717, 1.165) is 19.5 Å². The second-order valence-corrected chi connectivity index (χ2v) is 5.29. The molecule has 0 bridgehead atoms. The average Bonchev–Trinajstić information content (AvgIpc) is 2.30. The van der Waals surface area contributed by atoms with Crippen molar-refractivity contribution in [1.29, 1.82) is 0 Å². The van der Waals surface area contributed by atoms with Gasteiger partial charge < -0.3 is 0 Å². The summed E-state index contributed by atoms with van der Waals surface area (Å²) in [5, 5.41) is 0. The highest BCUT2D eigenvalue weighted by molar-refractivity contribution is 6.23. The topological polar surface area (TPSA) is 3.24 Å². The van der Waals surface area contributed by atoms with Gasteiger partial charge in [-0.3, -0.25) is 4.90 Å². The lowest BCUT2D eigenvalue weighted by Gasteiger charge is -2.42. The molecular formula is C14H20ClN. The number of benzene rings is 1. The second-order valence-electron chi connectivity index (χ2n) is 4.67. The summed E-state index contributed by atoms with van der Waals surface area (Å²) < 4.78 is 0. The van der Waals surface area contributed by atoms with E-state index in [4.69, 9.17) is 11.6 Å². The summed E-state index contributed by atoms with van der Waals surface area (Å²) in [6.07, 6.45) is 3.56. The molecule has 1 aliphatic rings. The van der Waals surface area contributed by atoms with Crippen LogP contribution in [-0.4, -0.2) is 18.0 Å². The molecule has 0 saturated carbocycles. The van der Waals surface area contributed by atoms with Crippen LogP contribution < -0.4 is 0 Å². The minimum Gasteiger partial charge on any atom is -0.281 e. The van der Waals surface area contributed by atoms with Crippen molar-refractivity contribution in [3.8, 4) is 0 Å². The molecule has 1 unspecified atom stereocenters. The Bertz CT molecular complexity index is 364. The maximum atomic E-state index is 6.86. The van der Waals surface area contributed by atoms with Crippen molar-refractivity contribution >= 4 is 11.6 Å². The van der Waals surface area contributed by atoms with Crippen LogP contribution in [0.15, 0.2) is 24.3 Å². The van der Waals surface area contributed by atoms with E-state index in [-0.39, 0.29) is 5.00 Å². The summed E-state index contributed by atoms with van der Waals surface area (Å²) >= 11 is 6.86. The molecule has 16 heavy (non-hydrogen) atoms. The number of hydrogen-bond acceptors (Lipinski definition) is 1. The highest BCUT2D eigenvalue weighted by Gasteiger charge is 2.37. The Kier molecular flexibility index (Phi) is 3.56. The molecule has 0 radical (unpaired) electrons. The standard InChI is InChI=1S/C14H20ClN/c1-3-16-10-5-4-9-14(16,15)13-8-6-7-12(2)11-13/h6-8,11H,3-5,9-10H2,1-2H3. The number of halogens is 1. The highest BCUT2D eigenvalue weighted by Crippen LogP contribution is 2.41. The van der Waals surface area contributed by atoms with E-state index in [9.17, 15) is 0 Å². The van der Waals surface area contributed by atoms with E-state index in [0.29, 0.717) is 0 Å². The average molecular weight is 238 g/mol. The fourth-order valence-electron chi connectivity index (χ4n) is 2.62. The van der Waals surface area contributed by atoms with Crippen molar-refractivity contribution in [3.05, 3.63) is 35.4 Å². The minimum absolute atomic E-state index is 0.265. The molecule has 0 aliphatic carbocycles. The molecule has 1 atom stereocenters. The van der Waals surface area contributed by atoms with Gasteiger partial charge in [0.15, 0.2) is 0 Å². The Morgan fingerprint density at radius 3 is 2.88 bits per heavy atom. The lowest BCUT2D eigenvalue weighted by molar-refractivity contribution is 0.120. The van der Waals surface area contributed by atoms with Crippen molar-refractivity contribution < 1.29 is 0 Å². The van der Waals surface area contributed by atoms with Crippen molar-refractivity contribution in [1.82, 2.24) is 4.90 Å². The normalized spacial score (nSPS) is 26.9. The van der Waals surface area contributed by atoms with E-state index < -0.39 is 0 Å². The van der Waals surface area contributed by atoms with Gasteiger partial charge in [0.25, 0.3) is 0 Å². The van der Waals surface area contributed by atoms with Crippen LogP contribution in [0.4, 0.5) is 0 Å². The molecule has 0 spiro atoms. The van der Waals surface area contributed by atoms with Crippen LogP contribution in [0.1, 0.15) is 37.3 Å². The van der Waals surface area contributed by atoms with Crippen molar-refractivity contribution in [2.45, 2.75) is 38.1 Å². The zero-order valence-corrected chi connectivity index (χ0v) is 10.9. The molecule has 2 rings (SSSR count). The van der Waals surface area contributed by atoms with Gasteiger partial charge >= 0.3 is 0 Å². The molecule has 0 N–H and O–H groups in total. The van der Waals surface area contributed by atoms with Crippen molar-refractivity contribution in [3.63, 3.8) is 0 Å². The monoisotopic (exact) mass is 237 g/mol. The van der Waals surface area contributed by atoms with Crippen LogP contribution >= 0.6 is 11.6 Å². The van der Waals surface area contributed by atoms with E-state index in [2.05, 4.69) is 43.0 Å². The fourth-order valence-corrected chi connectivity index (χ4v) is 3.07. The van der Waals surface area contributed by atoms with E-state index in [1.165, 1.54) is 24.0 Å². The lowest BCUT2D eigenvalue weighted by Crippen LogP contribution is -2.45. The number of nitrogens with zero attached hydrogens (tertiary/aromatic N) is 1. The van der Waals surface area contributed by atoms with Crippen molar-refractivity contribution in [2.24, 2.45) is 0 Å². The summed E-state index contributed by atoms with van der Waals surface area (Å²) in [5.74, 6) is 0. The van der Waals surface area contributed by atoms with Gasteiger partial charge in [-0.25, -0.2) is 0 Å². The summed E-state index contributed by atoms with van der Waals surface area (Å²) in [7, 11) is 0. The first-order valence-electron chi connectivity index (χ1n) is 6.18. The molecule has 1 saturated heterocycles. The number of hydrogen-bond donors (Lipinski definition) is 0. The Labute approximate surface area is 103 Å². The fraction of sp³-hybridized carbons (Fsp3) is 0.571. The largest absolute Gasteiger partial charge is 0.281 e. The summed E-state index contributed by atoms with van der Waals surface area (Å²) in [5.41, 5.74) is 2.55. The number of alkyl halides is 1. The first-order valence-corrected chi connectivity index (χ1v) is 6.56. The van der Waals surface area contributed by atoms with Gasteiger partial charge in [0.2, 0.25) is 0 Å². The van der Waals surface area contributed by atoms with E-state index in [1.54, 1.807) is 0 Å². The quantitative estimate of drug-likeness (QED) is 0.557. The molecule has 0 aromatic heterocycles. The minimum atomic E-state index is -0.265. The number of piperidine rings is 1. The van der Waals surface area contributed by atoms with Gasteiger partial charge in [-0.2, -0.15) is 0 Å². The zero-order valence-electron chi connectivity index (χ0n) is 10.2. The van der Waals surface area contributed by atoms with Crippen LogP contribution in [0, 0.1) is 6.92 Å². The van der Waals surface area contributed by atoms with E-state index >= 15 is 0 Å². The van der Waals surface area contributed by atoms with Crippen LogP contribution in [-0.2, 0) is 5.00 Å². The van der Waals surface area contributed by atoms with Crippen LogP contribution in [0.25, 0.3) is 0 Å². The molecule has 0 amide bonds.